The minimum Gasteiger partial charge on any atom is -0.428 e. The van der Waals surface area contributed by atoms with Crippen LogP contribution in [0.15, 0.2) is 52.6 Å². The zero-order valence-electron chi connectivity index (χ0n) is 17.4. The van der Waals surface area contributed by atoms with Crippen molar-refractivity contribution in [2.75, 3.05) is 6.54 Å². The van der Waals surface area contributed by atoms with Gasteiger partial charge in [-0.05, 0) is 45.8 Å². The Morgan fingerprint density at radius 1 is 1.19 bits per heavy atom. The molecule has 5 nitrogen and oxygen atoms in total. The largest absolute Gasteiger partial charge is 0.428 e. The lowest BCUT2D eigenvalue weighted by atomic mass is 10.1. The molecule has 3 rings (SSSR count). The summed E-state index contributed by atoms with van der Waals surface area (Å²) in [6.45, 7) is 10.1. The average molecular weight is 366 g/mol. The summed E-state index contributed by atoms with van der Waals surface area (Å²) in [7, 11) is 0. The van der Waals surface area contributed by atoms with E-state index in [0.29, 0.717) is 11.1 Å². The van der Waals surface area contributed by atoms with Crippen LogP contribution in [0, 0.1) is 0 Å². The predicted octanol–water partition coefficient (Wildman–Crippen LogP) is 4.25. The third-order valence-corrected chi connectivity index (χ3v) is 4.87. The maximum absolute atomic E-state index is 12.0. The summed E-state index contributed by atoms with van der Waals surface area (Å²) < 4.78 is 14.4. The molecule has 2 heterocycles. The van der Waals surface area contributed by atoms with Gasteiger partial charge >= 0.3 is 5.97 Å². The molecule has 0 bridgehead atoms. The van der Waals surface area contributed by atoms with E-state index in [2.05, 4.69) is 23.8 Å². The fourth-order valence-electron chi connectivity index (χ4n) is 2.69. The van der Waals surface area contributed by atoms with Crippen molar-refractivity contribution in [3.63, 3.8) is 0 Å². The van der Waals surface area contributed by atoms with Crippen molar-refractivity contribution < 1.29 is 23.8 Å². The fourth-order valence-corrected chi connectivity index (χ4v) is 2.69. The lowest BCUT2D eigenvalue weighted by molar-refractivity contribution is -0.151. The van der Waals surface area contributed by atoms with Crippen molar-refractivity contribution in [2.45, 2.75) is 54.4 Å². The summed E-state index contributed by atoms with van der Waals surface area (Å²) in [6.07, 6.45) is -1.00. The molecule has 0 aromatic heterocycles. The molecule has 0 saturated carbocycles. The van der Waals surface area contributed by atoms with E-state index in [0.717, 1.165) is 12.1 Å². The molecule has 0 aliphatic carbocycles. The number of aliphatic hydroxyl groups is 1. The second-order valence-electron chi connectivity index (χ2n) is 6.49. The summed E-state index contributed by atoms with van der Waals surface area (Å²) in [4.78, 5) is 24.5. The van der Waals surface area contributed by atoms with Gasteiger partial charge in [0, 0.05) is 27.7 Å². The number of hydrogen-bond donors (Lipinski definition) is 1. The summed E-state index contributed by atoms with van der Waals surface area (Å²) in [6, 6.07) is 10.3. The summed E-state index contributed by atoms with van der Waals surface area (Å²) in [5, 5.41) is 8.84. The van der Waals surface area contributed by atoms with Crippen LogP contribution in [0.3, 0.4) is 0 Å². The minimum absolute atomic E-state index is 0. The summed E-state index contributed by atoms with van der Waals surface area (Å²) in [5.74, 6) is -0.242. The van der Waals surface area contributed by atoms with E-state index in [-0.39, 0.29) is 20.8 Å². The van der Waals surface area contributed by atoms with E-state index in [1.165, 1.54) is 11.1 Å². The molecular weight excluding hydrogens is 330 g/mol. The fraction of sp³-hybridized carbons (Fsp3) is 0.429. The number of carbonyl (C=O) groups excluding carboxylic acids is 2. The highest BCUT2D eigenvalue weighted by atomic mass is 16.6. The molecule has 5 heteroatoms. The van der Waals surface area contributed by atoms with E-state index in [9.17, 15) is 9.59 Å². The predicted molar refractivity (Wildman–Crippen MR) is 106 cm³/mol. The molecule has 1 N–H and O–H groups in total. The van der Waals surface area contributed by atoms with Gasteiger partial charge < -0.3 is 14.7 Å². The number of nitrogens with zero attached hydrogens (tertiary/aromatic N) is 1. The number of esters is 1. The van der Waals surface area contributed by atoms with E-state index in [1.807, 2.05) is 36.9 Å². The summed E-state index contributed by atoms with van der Waals surface area (Å²) in [5.41, 5.74) is 4.41. The van der Waals surface area contributed by atoms with Crippen LogP contribution < -0.4 is 0 Å². The molecule has 0 spiro atoms. The topological polar surface area (TPSA) is 66.8 Å². The van der Waals surface area contributed by atoms with Crippen LogP contribution in [0.5, 0.6) is 0 Å². The van der Waals surface area contributed by atoms with Gasteiger partial charge in [0.05, 0.1) is 6.04 Å². The number of cyclic esters (lactones) is 1. The van der Waals surface area contributed by atoms with Crippen LogP contribution in [0.2, 0.25) is 0 Å². The van der Waals surface area contributed by atoms with Crippen LogP contribution in [0.4, 0.5) is 0 Å². The highest BCUT2D eigenvalue weighted by Crippen LogP contribution is 2.28. The average Bonchev–Trinajstić information content (AvgIpc) is 3.08. The monoisotopic (exact) mass is 365 g/mol. The second-order valence-corrected chi connectivity index (χ2v) is 6.49. The van der Waals surface area contributed by atoms with E-state index in [4.69, 9.17) is 8.08 Å². The van der Waals surface area contributed by atoms with Crippen molar-refractivity contribution in [3.05, 3.63) is 58.2 Å². The molecule has 1 aromatic carbocycles. The first-order chi connectivity index (χ1) is 12.7. The quantitative estimate of drug-likeness (QED) is 0.796. The number of benzene rings is 1. The van der Waals surface area contributed by atoms with Crippen LogP contribution >= 0.6 is 0 Å². The summed E-state index contributed by atoms with van der Waals surface area (Å²) >= 11 is 0. The Labute approximate surface area is 160 Å². The van der Waals surface area contributed by atoms with Gasteiger partial charge in [0.15, 0.2) is 0 Å². The van der Waals surface area contributed by atoms with Crippen LogP contribution in [0.1, 0.15) is 58.0 Å². The molecule has 2 unspecified atom stereocenters. The third-order valence-electron chi connectivity index (χ3n) is 4.87. The molecule has 1 aromatic rings. The van der Waals surface area contributed by atoms with Gasteiger partial charge in [-0.15, -0.1) is 0 Å². The van der Waals surface area contributed by atoms with Crippen molar-refractivity contribution in [1.29, 1.82) is 0 Å². The standard InChI is InChI=1S/C14H17NO.C6H8O3.CH4.2H2/c1-10-9-15(14(16)11(10)2)12(3)13-7-5-4-6-8-13;1-3-4(2)6(8)9-5(3)7;;;/h4-8,12H,9H2,1-3H3;5,7H,1-2H3;1H4;2*1H/i;;;1+1D;. The van der Waals surface area contributed by atoms with E-state index < -0.39 is 12.3 Å². The highest BCUT2D eigenvalue weighted by Gasteiger charge is 2.29. The van der Waals surface area contributed by atoms with Crippen molar-refractivity contribution in [2.24, 2.45) is 0 Å². The molecule has 0 fully saturated rings. The lowest BCUT2D eigenvalue weighted by Crippen LogP contribution is -2.29. The highest BCUT2D eigenvalue weighted by molar-refractivity contribution is 5.96. The second kappa shape index (κ2) is 8.81. The van der Waals surface area contributed by atoms with Crippen molar-refractivity contribution >= 4 is 11.9 Å². The Hall–Kier alpha value is -2.40. The first-order valence-corrected chi connectivity index (χ1v) is 8.32. The van der Waals surface area contributed by atoms with Crippen molar-refractivity contribution in [3.8, 4) is 0 Å². The molecule has 26 heavy (non-hydrogen) atoms. The van der Waals surface area contributed by atoms with Gasteiger partial charge in [0.2, 0.25) is 12.2 Å². The Bertz CT molecular complexity index is 748. The molecule has 2 atom stereocenters. The molecule has 1 amide bonds. The minimum atomic E-state index is -1.00. The van der Waals surface area contributed by atoms with Gasteiger partial charge in [0.25, 0.3) is 0 Å². The zero-order valence-corrected chi connectivity index (χ0v) is 15.4. The Morgan fingerprint density at radius 3 is 2.12 bits per heavy atom. The number of rotatable bonds is 2. The zero-order chi connectivity index (χ0) is 20.7. The van der Waals surface area contributed by atoms with Gasteiger partial charge in [-0.1, -0.05) is 37.8 Å². The number of carbonyl (C=O) groups is 2. The number of aliphatic hydroxyl groups excluding tert-OH is 1. The Morgan fingerprint density at radius 2 is 1.77 bits per heavy atom. The van der Waals surface area contributed by atoms with Crippen LogP contribution in [0.25, 0.3) is 0 Å². The Kier molecular flexibility index (Phi) is 6.75. The van der Waals surface area contributed by atoms with Crippen LogP contribution in [-0.4, -0.2) is 34.7 Å². The molecule has 0 radical (unpaired) electrons. The molecule has 2 aliphatic rings. The van der Waals surface area contributed by atoms with Crippen LogP contribution in [-0.2, 0) is 14.3 Å². The van der Waals surface area contributed by atoms with E-state index in [1.54, 1.807) is 13.8 Å². The van der Waals surface area contributed by atoms with Gasteiger partial charge in [-0.25, -0.2) is 4.79 Å². The number of amides is 1. The molecule has 146 valence electrons. The first kappa shape index (κ1) is 19.9. The van der Waals surface area contributed by atoms with Gasteiger partial charge in [-0.2, -0.15) is 0 Å². The molecule has 2 aliphatic heterocycles. The Balaban J connectivity index is 0. The number of hydrogen-bond acceptors (Lipinski definition) is 4. The maximum atomic E-state index is 12.0. The SMILES string of the molecule is C.CC1=C(C)C(=O)N(C(C)c2ccccc2)C1.CC1=C(C)C(O)OC1=O.[2H][2H].[HH]. The first-order valence-electron chi connectivity index (χ1n) is 9.32. The smallest absolute Gasteiger partial charge is 0.336 e. The normalized spacial score (nSPS) is 20.8. The van der Waals surface area contributed by atoms with E-state index >= 15 is 0 Å². The maximum Gasteiger partial charge on any atom is 0.336 e. The molecule has 0 saturated heterocycles. The lowest BCUT2D eigenvalue weighted by Gasteiger charge is -2.25. The van der Waals surface area contributed by atoms with Crippen molar-refractivity contribution in [1.82, 2.24) is 4.90 Å². The van der Waals surface area contributed by atoms with Gasteiger partial charge in [0.1, 0.15) is 0 Å². The molecular formula is C21H33NO4. The van der Waals surface area contributed by atoms with Gasteiger partial charge in [-0.3, -0.25) is 4.79 Å². The number of ether oxygens (including phenoxy) is 1. The third kappa shape index (κ3) is 4.41.